The number of benzene rings is 2. The summed E-state index contributed by atoms with van der Waals surface area (Å²) in [6.45, 7) is 2.14. The molecule has 0 aliphatic carbocycles. The standard InChI is InChI=1S/C18H18ClNO/c1-2-18(14-8-10-15(19)11-9-14)12-16(21)20-17(18)13-6-4-3-5-7-13/h3-11,17H,2,12H2,1H3,(H,20,21). The largest absolute Gasteiger partial charge is 0.348 e. The molecule has 0 saturated carbocycles. The fourth-order valence-electron chi connectivity index (χ4n) is 3.37. The zero-order valence-electron chi connectivity index (χ0n) is 12.0. The van der Waals surface area contributed by atoms with Crippen molar-refractivity contribution in [3.8, 4) is 0 Å². The molecule has 0 aromatic heterocycles. The van der Waals surface area contributed by atoms with Crippen molar-refractivity contribution in [3.05, 3.63) is 70.7 Å². The van der Waals surface area contributed by atoms with Crippen LogP contribution in [0, 0.1) is 0 Å². The van der Waals surface area contributed by atoms with Gasteiger partial charge < -0.3 is 5.32 Å². The Morgan fingerprint density at radius 2 is 1.81 bits per heavy atom. The van der Waals surface area contributed by atoms with Crippen molar-refractivity contribution in [1.82, 2.24) is 5.32 Å². The van der Waals surface area contributed by atoms with E-state index in [0.717, 1.165) is 17.0 Å². The van der Waals surface area contributed by atoms with Crippen LogP contribution >= 0.6 is 11.6 Å². The maximum Gasteiger partial charge on any atom is 0.221 e. The summed E-state index contributed by atoms with van der Waals surface area (Å²) >= 11 is 6.01. The second-order valence-corrected chi connectivity index (χ2v) is 6.04. The number of carbonyl (C=O) groups is 1. The summed E-state index contributed by atoms with van der Waals surface area (Å²) < 4.78 is 0. The minimum Gasteiger partial charge on any atom is -0.348 e. The van der Waals surface area contributed by atoms with E-state index in [1.54, 1.807) is 0 Å². The van der Waals surface area contributed by atoms with Gasteiger partial charge in [0.1, 0.15) is 0 Å². The highest BCUT2D eigenvalue weighted by Gasteiger charge is 2.47. The minimum absolute atomic E-state index is 0.0115. The van der Waals surface area contributed by atoms with Crippen molar-refractivity contribution in [2.45, 2.75) is 31.2 Å². The van der Waals surface area contributed by atoms with Crippen LogP contribution in [0.1, 0.15) is 36.9 Å². The molecule has 0 spiro atoms. The van der Waals surface area contributed by atoms with E-state index in [9.17, 15) is 4.79 Å². The van der Waals surface area contributed by atoms with Gasteiger partial charge in [-0.1, -0.05) is 61.0 Å². The highest BCUT2D eigenvalue weighted by Crippen LogP contribution is 2.47. The summed E-state index contributed by atoms with van der Waals surface area (Å²) in [6.07, 6.45) is 1.41. The smallest absolute Gasteiger partial charge is 0.221 e. The predicted molar refractivity (Wildman–Crippen MR) is 85.4 cm³/mol. The quantitative estimate of drug-likeness (QED) is 0.902. The van der Waals surface area contributed by atoms with Crippen LogP contribution in [0.2, 0.25) is 5.02 Å². The summed E-state index contributed by atoms with van der Waals surface area (Å²) in [6, 6.07) is 18.1. The van der Waals surface area contributed by atoms with Crippen LogP contribution in [0.3, 0.4) is 0 Å². The van der Waals surface area contributed by atoms with E-state index in [2.05, 4.69) is 24.4 Å². The number of hydrogen-bond donors (Lipinski definition) is 1. The Hall–Kier alpha value is -1.80. The number of carbonyl (C=O) groups excluding carboxylic acids is 1. The number of amides is 1. The van der Waals surface area contributed by atoms with E-state index in [1.807, 2.05) is 42.5 Å². The molecule has 3 heteroatoms. The highest BCUT2D eigenvalue weighted by molar-refractivity contribution is 6.30. The predicted octanol–water partition coefficient (Wildman–Crippen LogP) is 4.25. The molecule has 2 atom stereocenters. The van der Waals surface area contributed by atoms with Crippen LogP contribution < -0.4 is 5.32 Å². The molecule has 2 aromatic carbocycles. The summed E-state index contributed by atoms with van der Waals surface area (Å²) in [5, 5.41) is 3.87. The average molecular weight is 300 g/mol. The van der Waals surface area contributed by atoms with E-state index < -0.39 is 0 Å². The van der Waals surface area contributed by atoms with Crippen LogP contribution in [0.4, 0.5) is 0 Å². The lowest BCUT2D eigenvalue weighted by Gasteiger charge is -2.34. The summed E-state index contributed by atoms with van der Waals surface area (Å²) in [4.78, 5) is 12.1. The van der Waals surface area contributed by atoms with Gasteiger partial charge in [0.25, 0.3) is 0 Å². The monoisotopic (exact) mass is 299 g/mol. The molecule has 21 heavy (non-hydrogen) atoms. The zero-order chi connectivity index (χ0) is 14.9. The van der Waals surface area contributed by atoms with Crippen molar-refractivity contribution in [3.63, 3.8) is 0 Å². The molecule has 2 aromatic rings. The molecule has 1 fully saturated rings. The molecule has 108 valence electrons. The summed E-state index contributed by atoms with van der Waals surface area (Å²) in [5.74, 6) is 0.112. The summed E-state index contributed by atoms with van der Waals surface area (Å²) in [5.41, 5.74) is 2.12. The molecule has 0 radical (unpaired) electrons. The summed E-state index contributed by atoms with van der Waals surface area (Å²) in [7, 11) is 0. The lowest BCUT2D eigenvalue weighted by atomic mass is 9.70. The van der Waals surface area contributed by atoms with E-state index >= 15 is 0 Å². The van der Waals surface area contributed by atoms with Crippen molar-refractivity contribution in [2.75, 3.05) is 0 Å². The van der Waals surface area contributed by atoms with Gasteiger partial charge in [-0.25, -0.2) is 0 Å². The maximum absolute atomic E-state index is 12.1. The molecule has 1 aliphatic heterocycles. The first-order valence-electron chi connectivity index (χ1n) is 7.26. The topological polar surface area (TPSA) is 29.1 Å². The third kappa shape index (κ3) is 2.44. The fraction of sp³-hybridized carbons (Fsp3) is 0.278. The SMILES string of the molecule is CCC1(c2ccc(Cl)cc2)CC(=O)NC1c1ccccc1. The second-order valence-electron chi connectivity index (χ2n) is 5.60. The number of nitrogens with one attached hydrogen (secondary N) is 1. The molecule has 3 rings (SSSR count). The molecule has 1 saturated heterocycles. The van der Waals surface area contributed by atoms with Gasteiger partial charge in [-0.3, -0.25) is 4.79 Å². The Balaban J connectivity index is 2.09. The second kappa shape index (κ2) is 5.53. The maximum atomic E-state index is 12.1. The van der Waals surface area contributed by atoms with Gasteiger partial charge in [-0.15, -0.1) is 0 Å². The third-order valence-corrected chi connectivity index (χ3v) is 4.77. The number of hydrogen-bond acceptors (Lipinski definition) is 1. The highest BCUT2D eigenvalue weighted by atomic mass is 35.5. The van der Waals surface area contributed by atoms with Gasteiger partial charge in [0.2, 0.25) is 5.91 Å². The Morgan fingerprint density at radius 1 is 1.14 bits per heavy atom. The molecule has 0 bridgehead atoms. The van der Waals surface area contributed by atoms with Gasteiger partial charge >= 0.3 is 0 Å². The third-order valence-electron chi connectivity index (χ3n) is 4.52. The van der Waals surface area contributed by atoms with E-state index in [0.29, 0.717) is 6.42 Å². The molecular weight excluding hydrogens is 282 g/mol. The zero-order valence-corrected chi connectivity index (χ0v) is 12.7. The fourth-order valence-corrected chi connectivity index (χ4v) is 3.50. The van der Waals surface area contributed by atoms with Gasteiger partial charge in [-0.05, 0) is 29.7 Å². The van der Waals surface area contributed by atoms with E-state index in [1.165, 1.54) is 5.56 Å². The van der Waals surface area contributed by atoms with Gasteiger partial charge in [0.05, 0.1) is 6.04 Å². The average Bonchev–Trinajstić information content (AvgIpc) is 2.87. The van der Waals surface area contributed by atoms with Crippen LogP contribution in [-0.4, -0.2) is 5.91 Å². The lowest BCUT2D eigenvalue weighted by molar-refractivity contribution is -0.119. The van der Waals surface area contributed by atoms with Crippen LogP contribution in [0.15, 0.2) is 54.6 Å². The first-order chi connectivity index (χ1) is 10.2. The molecule has 1 amide bonds. The van der Waals surface area contributed by atoms with Crippen molar-refractivity contribution in [2.24, 2.45) is 0 Å². The molecule has 1 aliphatic rings. The molecule has 2 unspecified atom stereocenters. The van der Waals surface area contributed by atoms with Gasteiger partial charge in [-0.2, -0.15) is 0 Å². The molecule has 1 heterocycles. The van der Waals surface area contributed by atoms with Gasteiger partial charge in [0, 0.05) is 16.9 Å². The van der Waals surface area contributed by atoms with Crippen LogP contribution in [-0.2, 0) is 10.2 Å². The first-order valence-corrected chi connectivity index (χ1v) is 7.64. The van der Waals surface area contributed by atoms with Crippen LogP contribution in [0.25, 0.3) is 0 Å². The Labute approximate surface area is 130 Å². The van der Waals surface area contributed by atoms with E-state index in [4.69, 9.17) is 11.6 Å². The molecule has 2 nitrogen and oxygen atoms in total. The number of halogens is 1. The first kappa shape index (κ1) is 14.2. The molecular formula is C18H18ClNO. The number of rotatable bonds is 3. The van der Waals surface area contributed by atoms with Crippen LogP contribution in [0.5, 0.6) is 0 Å². The van der Waals surface area contributed by atoms with Crippen molar-refractivity contribution < 1.29 is 4.79 Å². The normalized spacial score (nSPS) is 24.9. The Bertz CT molecular complexity index is 638. The minimum atomic E-state index is -0.205. The van der Waals surface area contributed by atoms with Crippen molar-refractivity contribution in [1.29, 1.82) is 0 Å². The van der Waals surface area contributed by atoms with E-state index in [-0.39, 0.29) is 17.4 Å². The lowest BCUT2D eigenvalue weighted by Crippen LogP contribution is -2.32. The van der Waals surface area contributed by atoms with Gasteiger partial charge in [0.15, 0.2) is 0 Å². The molecule has 1 N–H and O–H groups in total. The Morgan fingerprint density at radius 3 is 2.43 bits per heavy atom. The van der Waals surface area contributed by atoms with Crippen molar-refractivity contribution >= 4 is 17.5 Å². The Kier molecular flexibility index (Phi) is 3.73.